The van der Waals surface area contributed by atoms with Gasteiger partial charge in [0.05, 0.1) is 23.8 Å². The van der Waals surface area contributed by atoms with Gasteiger partial charge in [0.15, 0.2) is 11.2 Å². The standard InChI is InChI=1S/C21H23ClO6/c1-4-7-12-21(19(25)27-5-2,20(26)28-6-3)15-16(22)18(24)14-11-9-8-10-13(14)17(15)23/h8-11H,4-7,12H2,1-3H3. The Hall–Kier alpha value is -2.47. The van der Waals surface area contributed by atoms with Crippen LogP contribution in [0.5, 0.6) is 0 Å². The normalized spacial score (nSPS) is 14.0. The van der Waals surface area contributed by atoms with Crippen molar-refractivity contribution in [1.82, 2.24) is 0 Å². The molecule has 0 N–H and O–H groups in total. The molecule has 150 valence electrons. The minimum atomic E-state index is -2.08. The van der Waals surface area contributed by atoms with Gasteiger partial charge in [-0.2, -0.15) is 0 Å². The summed E-state index contributed by atoms with van der Waals surface area (Å²) in [4.78, 5) is 52.1. The zero-order valence-electron chi connectivity index (χ0n) is 16.2. The topological polar surface area (TPSA) is 86.7 Å². The van der Waals surface area contributed by atoms with Gasteiger partial charge in [0.2, 0.25) is 5.78 Å². The zero-order valence-corrected chi connectivity index (χ0v) is 16.9. The smallest absolute Gasteiger partial charge is 0.328 e. The highest BCUT2D eigenvalue weighted by Crippen LogP contribution is 2.44. The van der Waals surface area contributed by atoms with Crippen molar-refractivity contribution in [1.29, 1.82) is 0 Å². The molecule has 7 heteroatoms. The molecule has 28 heavy (non-hydrogen) atoms. The molecular formula is C21H23ClO6. The molecule has 0 amide bonds. The summed E-state index contributed by atoms with van der Waals surface area (Å²) < 4.78 is 10.3. The third kappa shape index (κ3) is 3.61. The third-order valence-electron chi connectivity index (χ3n) is 4.64. The van der Waals surface area contributed by atoms with Crippen LogP contribution < -0.4 is 0 Å². The Morgan fingerprint density at radius 3 is 1.89 bits per heavy atom. The Labute approximate surface area is 168 Å². The molecule has 0 saturated carbocycles. The van der Waals surface area contributed by atoms with Crippen LogP contribution in [0.15, 0.2) is 34.9 Å². The lowest BCUT2D eigenvalue weighted by Gasteiger charge is -2.33. The van der Waals surface area contributed by atoms with Crippen molar-refractivity contribution in [2.75, 3.05) is 13.2 Å². The Morgan fingerprint density at radius 1 is 0.929 bits per heavy atom. The Kier molecular flexibility index (Phi) is 7.13. The highest BCUT2D eigenvalue weighted by molar-refractivity contribution is 6.51. The Bertz CT molecular complexity index is 821. The van der Waals surface area contributed by atoms with Crippen LogP contribution in [-0.2, 0) is 19.1 Å². The molecule has 1 aromatic rings. The predicted octanol–water partition coefficient (Wildman–Crippen LogP) is 3.86. The van der Waals surface area contributed by atoms with E-state index in [9.17, 15) is 19.2 Å². The number of rotatable bonds is 8. The Balaban J connectivity index is 2.79. The van der Waals surface area contributed by atoms with Crippen LogP contribution in [-0.4, -0.2) is 36.7 Å². The molecule has 0 bridgehead atoms. The van der Waals surface area contributed by atoms with Gasteiger partial charge in [0.25, 0.3) is 0 Å². The lowest BCUT2D eigenvalue weighted by Crippen LogP contribution is -2.47. The van der Waals surface area contributed by atoms with Crippen molar-refractivity contribution < 1.29 is 28.7 Å². The monoisotopic (exact) mass is 406 g/mol. The summed E-state index contributed by atoms with van der Waals surface area (Å²) in [5.74, 6) is -3.12. The number of fused-ring (bicyclic) bond motifs is 1. The molecule has 0 radical (unpaired) electrons. The molecule has 0 aromatic heterocycles. The van der Waals surface area contributed by atoms with E-state index in [-0.39, 0.29) is 36.3 Å². The highest BCUT2D eigenvalue weighted by atomic mass is 35.5. The van der Waals surface area contributed by atoms with Crippen LogP contribution in [0.4, 0.5) is 0 Å². The number of esters is 2. The maximum atomic E-state index is 13.3. The number of ether oxygens (including phenoxy) is 2. The van der Waals surface area contributed by atoms with Gasteiger partial charge in [0, 0.05) is 11.1 Å². The number of ketones is 2. The van der Waals surface area contributed by atoms with Crippen molar-refractivity contribution in [3.8, 4) is 0 Å². The minimum Gasteiger partial charge on any atom is -0.465 e. The molecule has 0 fully saturated rings. The third-order valence-corrected chi connectivity index (χ3v) is 5.00. The summed E-state index contributed by atoms with van der Waals surface area (Å²) in [6.45, 7) is 5.05. The van der Waals surface area contributed by atoms with Crippen molar-refractivity contribution in [2.24, 2.45) is 5.41 Å². The number of halogens is 1. The van der Waals surface area contributed by atoms with Crippen molar-refractivity contribution in [2.45, 2.75) is 40.0 Å². The summed E-state index contributed by atoms with van der Waals surface area (Å²) in [5, 5.41) is -0.444. The highest BCUT2D eigenvalue weighted by Gasteiger charge is 2.57. The second-order valence-electron chi connectivity index (χ2n) is 6.34. The zero-order chi connectivity index (χ0) is 20.9. The number of carbonyl (C=O) groups is 4. The Morgan fingerprint density at radius 2 is 1.43 bits per heavy atom. The number of allylic oxidation sites excluding steroid dienone is 1. The molecule has 0 atom stereocenters. The van der Waals surface area contributed by atoms with Crippen LogP contribution in [0.25, 0.3) is 0 Å². The van der Waals surface area contributed by atoms with Gasteiger partial charge in [-0.3, -0.25) is 19.2 Å². The summed E-state index contributed by atoms with van der Waals surface area (Å²) in [5.41, 5.74) is -2.21. The average Bonchev–Trinajstić information content (AvgIpc) is 2.69. The molecule has 0 spiro atoms. The lowest BCUT2D eigenvalue weighted by atomic mass is 9.70. The average molecular weight is 407 g/mol. The molecule has 2 rings (SSSR count). The molecule has 1 aromatic carbocycles. The number of carbonyl (C=O) groups excluding carboxylic acids is 4. The molecule has 0 heterocycles. The molecule has 0 unspecified atom stereocenters. The first-order valence-electron chi connectivity index (χ1n) is 9.29. The van der Waals surface area contributed by atoms with E-state index in [0.29, 0.717) is 12.8 Å². The minimum absolute atomic E-state index is 0.00423. The van der Waals surface area contributed by atoms with E-state index in [2.05, 4.69) is 0 Å². The van der Waals surface area contributed by atoms with Crippen LogP contribution in [0.2, 0.25) is 0 Å². The lowest BCUT2D eigenvalue weighted by molar-refractivity contribution is -0.169. The second-order valence-corrected chi connectivity index (χ2v) is 6.72. The number of unbranched alkanes of at least 4 members (excludes halogenated alkanes) is 1. The van der Waals surface area contributed by atoms with Crippen molar-refractivity contribution in [3.05, 3.63) is 46.0 Å². The van der Waals surface area contributed by atoms with Gasteiger partial charge in [0.1, 0.15) is 0 Å². The SMILES string of the molecule is CCCCC(C(=O)OCC)(C(=O)OCC)C1=C(Cl)C(=O)c2ccccc2C1=O. The van der Waals surface area contributed by atoms with Crippen LogP contribution >= 0.6 is 11.6 Å². The van der Waals surface area contributed by atoms with Crippen LogP contribution in [0, 0.1) is 5.41 Å². The fourth-order valence-electron chi connectivity index (χ4n) is 3.29. The number of benzene rings is 1. The first-order chi connectivity index (χ1) is 13.4. The molecule has 1 aliphatic carbocycles. The summed E-state index contributed by atoms with van der Waals surface area (Å²) in [6, 6.07) is 6.17. The summed E-state index contributed by atoms with van der Waals surface area (Å²) in [6.07, 6.45) is 1.02. The second kappa shape index (κ2) is 9.15. The van der Waals surface area contributed by atoms with Crippen LogP contribution in [0.1, 0.15) is 60.7 Å². The molecular weight excluding hydrogens is 384 g/mol. The van der Waals surface area contributed by atoms with Gasteiger partial charge < -0.3 is 9.47 Å². The van der Waals surface area contributed by atoms with E-state index in [1.807, 2.05) is 6.92 Å². The number of hydrogen-bond donors (Lipinski definition) is 0. The van der Waals surface area contributed by atoms with E-state index in [1.165, 1.54) is 12.1 Å². The van der Waals surface area contributed by atoms with Crippen molar-refractivity contribution >= 4 is 35.1 Å². The first kappa shape index (κ1) is 21.8. The van der Waals surface area contributed by atoms with E-state index in [4.69, 9.17) is 21.1 Å². The molecule has 0 aliphatic heterocycles. The molecule has 1 aliphatic rings. The maximum Gasteiger partial charge on any atom is 0.328 e. The van der Waals surface area contributed by atoms with Gasteiger partial charge in [-0.1, -0.05) is 55.6 Å². The number of hydrogen-bond acceptors (Lipinski definition) is 6. The van der Waals surface area contributed by atoms with E-state index < -0.39 is 34.0 Å². The first-order valence-corrected chi connectivity index (χ1v) is 9.67. The fourth-order valence-corrected chi connectivity index (χ4v) is 3.64. The van der Waals surface area contributed by atoms with E-state index in [0.717, 1.165) is 0 Å². The number of Topliss-reactive ketones (excluding diaryl/α,β-unsaturated/α-hetero) is 2. The maximum absolute atomic E-state index is 13.3. The quantitative estimate of drug-likeness (QED) is 0.481. The van der Waals surface area contributed by atoms with Gasteiger partial charge in [-0.05, 0) is 20.3 Å². The van der Waals surface area contributed by atoms with Gasteiger partial charge in [-0.25, -0.2) is 0 Å². The van der Waals surface area contributed by atoms with Crippen molar-refractivity contribution in [3.63, 3.8) is 0 Å². The predicted molar refractivity (Wildman–Crippen MR) is 103 cm³/mol. The van der Waals surface area contributed by atoms with Crippen LogP contribution in [0.3, 0.4) is 0 Å². The van der Waals surface area contributed by atoms with E-state index >= 15 is 0 Å². The van der Waals surface area contributed by atoms with Gasteiger partial charge in [-0.15, -0.1) is 0 Å². The largest absolute Gasteiger partial charge is 0.465 e. The van der Waals surface area contributed by atoms with Gasteiger partial charge >= 0.3 is 11.9 Å². The summed E-state index contributed by atoms with van der Waals surface area (Å²) in [7, 11) is 0. The summed E-state index contributed by atoms with van der Waals surface area (Å²) >= 11 is 6.30. The molecule has 6 nitrogen and oxygen atoms in total. The van der Waals surface area contributed by atoms with E-state index in [1.54, 1.807) is 26.0 Å². The fraction of sp³-hybridized carbons (Fsp3) is 0.429. The molecule has 0 saturated heterocycles.